The second-order valence-corrected chi connectivity index (χ2v) is 30.3. The van der Waals surface area contributed by atoms with Gasteiger partial charge in [0.2, 0.25) is 70.9 Å². The van der Waals surface area contributed by atoms with Gasteiger partial charge < -0.3 is 94.7 Å². The predicted molar refractivity (Wildman–Crippen MR) is 430 cm³/mol. The number of amides is 12. The number of aliphatic carboxylic acids is 3. The van der Waals surface area contributed by atoms with Crippen molar-refractivity contribution in [3.63, 3.8) is 0 Å². The number of carbonyl (C=O) groups is 15. The number of benzene rings is 3. The Kier molecular flexibility index (Phi) is 37.5. The van der Waals surface area contributed by atoms with Crippen molar-refractivity contribution in [1.29, 1.82) is 0 Å². The first-order valence-electron chi connectivity index (χ1n) is 39.3. The number of ether oxygens (including phenoxy) is 1. The van der Waals surface area contributed by atoms with E-state index < -0.39 is 170 Å². The normalized spacial score (nSPS) is 16.5. The number of carbonyl (C=O) groups excluding carboxylic acids is 12. The molecule has 39 nitrogen and oxygen atoms in total. The van der Waals surface area contributed by atoms with Crippen molar-refractivity contribution in [3.8, 4) is 0 Å². The number of H-pyrrole nitrogens is 2. The zero-order valence-corrected chi connectivity index (χ0v) is 67.1. The molecular weight excluding hydrogens is 1530 g/mol. The molecule has 0 saturated carbocycles. The first-order valence-corrected chi connectivity index (χ1v) is 39.3. The first kappa shape index (κ1) is 93.4. The Morgan fingerprint density at radius 3 is 1.67 bits per heavy atom. The SMILES string of the molecule is CC(C)C[C@@H](CN1CCC[C@H]1C(N)=O)NC(=O)[C@H](Cc1cnc[nH]1)NC(=O)CNC(=O)[C@@H](NC(=O)[C@H](C)NC(=O)[C@H](Cc1c[nH]c2ccccc12)NC(=O)[C@H](CCC(N)=O)NC(=O)[C@@H](Cc1ccccc1)NC(=O)COCC(=O)Nc1ccc(CNC(=O)CN2CCN(CC(=O)O)CCN(CC(=O)O)CCN(CC(=O)O)CC2)cc1)C(C)C. The standard InChI is InChI=1S/C79H112N20O19/c1-48(2)32-56(40-99-23-11-16-63(99)73(81)111)89-77(115)62(35-55-38-82-47-86-55)90-65(101)39-85-79(117)72(49(3)4)94-74(112)50(5)87-76(114)61(34-53-37-83-58-15-10-9-14-57(53)58)93-75(113)59(21-22-64(80)100)92-78(116)60(33-51-12-7-6-8-13-51)91-68(104)46-118-45-67(103)88-54-19-17-52(18-20-54)36-84-66(102)41-95-24-26-96(42-69(105)106)28-30-98(44-71(109)110)31-29-97(27-25-95)43-70(107)108/h6-10,12-15,17-20,37-38,47-50,56,59-63,72,83H,11,16,21-36,39-46H2,1-5H3,(H2,80,100)(H2,81,111)(H,82,86)(H,84,102)(H,85,117)(H,87,114)(H,88,103)(H,89,115)(H,90,101)(H,91,104)(H,92,116)(H,93,113)(H,94,112)(H,105,106)(H,107,108)(H,109,110)/t50-,56-,59-,60+,61-,62-,63-,72-/m0/s1. The fraction of sp³-hybridized carbons (Fsp3) is 0.519. The third-order valence-corrected chi connectivity index (χ3v) is 19.8. The van der Waals surface area contributed by atoms with E-state index in [0.717, 1.165) is 6.42 Å². The topological polar surface area (TPSA) is 559 Å². The number of primary amides is 2. The molecule has 2 aliphatic rings. The number of nitrogens with one attached hydrogen (secondary N) is 12. The average molecular weight is 1650 g/mol. The molecule has 642 valence electrons. The van der Waals surface area contributed by atoms with Crippen LogP contribution >= 0.6 is 0 Å². The molecule has 4 heterocycles. The Balaban J connectivity index is 0.940. The highest BCUT2D eigenvalue weighted by molar-refractivity contribution is 5.98. The summed E-state index contributed by atoms with van der Waals surface area (Å²) in [6.45, 7) is 8.40. The fourth-order valence-electron chi connectivity index (χ4n) is 13.7. The van der Waals surface area contributed by atoms with Gasteiger partial charge in [0.25, 0.3) is 0 Å². The molecule has 0 bridgehead atoms. The van der Waals surface area contributed by atoms with Gasteiger partial charge in [-0.05, 0) is 85.9 Å². The molecule has 39 heteroatoms. The molecule has 5 aromatic rings. The summed E-state index contributed by atoms with van der Waals surface area (Å²) in [4.78, 5) is 218. The van der Waals surface area contributed by atoms with E-state index in [4.69, 9.17) is 16.2 Å². The Morgan fingerprint density at radius 2 is 1.08 bits per heavy atom. The summed E-state index contributed by atoms with van der Waals surface area (Å²) in [6, 6.07) is 12.8. The van der Waals surface area contributed by atoms with Gasteiger partial charge in [-0.3, -0.25) is 96.4 Å². The lowest BCUT2D eigenvalue weighted by atomic mass is 10.0. The Hall–Kier alpha value is -11.8. The lowest BCUT2D eigenvalue weighted by Gasteiger charge is -2.32. The summed E-state index contributed by atoms with van der Waals surface area (Å²) in [6.07, 6.45) is 5.30. The van der Waals surface area contributed by atoms with E-state index in [9.17, 15) is 87.2 Å². The van der Waals surface area contributed by atoms with Crippen LogP contribution in [-0.4, -0.2) is 303 Å². The zero-order valence-electron chi connectivity index (χ0n) is 67.1. The predicted octanol–water partition coefficient (Wildman–Crippen LogP) is -2.89. The number of fused-ring (bicyclic) bond motifs is 1. The second-order valence-electron chi connectivity index (χ2n) is 30.3. The third-order valence-electron chi connectivity index (χ3n) is 19.8. The fourth-order valence-corrected chi connectivity index (χ4v) is 13.7. The van der Waals surface area contributed by atoms with Gasteiger partial charge in [-0.1, -0.05) is 88.4 Å². The summed E-state index contributed by atoms with van der Waals surface area (Å²) < 4.78 is 5.48. The van der Waals surface area contributed by atoms with Crippen LogP contribution in [0.2, 0.25) is 0 Å². The summed E-state index contributed by atoms with van der Waals surface area (Å²) in [5.41, 5.74) is 14.6. The molecule has 3 aromatic carbocycles. The van der Waals surface area contributed by atoms with E-state index in [1.165, 1.54) is 19.4 Å². The number of likely N-dealkylation sites (tertiary alicyclic amines) is 1. The number of carboxylic acid groups (broad SMARTS) is 3. The van der Waals surface area contributed by atoms with Crippen molar-refractivity contribution >= 4 is 105 Å². The quantitative estimate of drug-likeness (QED) is 0.0186. The lowest BCUT2D eigenvalue weighted by Crippen LogP contribution is -2.60. The summed E-state index contributed by atoms with van der Waals surface area (Å²) in [7, 11) is 0. The summed E-state index contributed by atoms with van der Waals surface area (Å²) in [5, 5.41) is 56.3. The molecule has 0 spiro atoms. The molecule has 118 heavy (non-hydrogen) atoms. The highest BCUT2D eigenvalue weighted by atomic mass is 16.5. The molecule has 2 fully saturated rings. The van der Waals surface area contributed by atoms with Crippen molar-refractivity contribution < 1.29 is 92.0 Å². The minimum Gasteiger partial charge on any atom is -0.480 e. The van der Waals surface area contributed by atoms with Crippen LogP contribution in [0.25, 0.3) is 10.9 Å². The molecule has 2 aliphatic heterocycles. The van der Waals surface area contributed by atoms with Crippen LogP contribution < -0.4 is 64.6 Å². The van der Waals surface area contributed by atoms with E-state index in [2.05, 4.69) is 68.1 Å². The van der Waals surface area contributed by atoms with Crippen LogP contribution in [0, 0.1) is 11.8 Å². The number of imidazole rings is 1. The molecular formula is C79H112N20O19. The molecule has 0 radical (unpaired) electrons. The van der Waals surface area contributed by atoms with Crippen LogP contribution in [0.15, 0.2) is 97.6 Å². The number of para-hydroxylation sites is 1. The largest absolute Gasteiger partial charge is 0.480 e. The average Bonchev–Trinajstić information content (AvgIpc) is 1.66. The van der Waals surface area contributed by atoms with Gasteiger partial charge in [-0.25, -0.2) is 4.98 Å². The van der Waals surface area contributed by atoms with Crippen molar-refractivity contribution in [2.75, 3.05) is 117 Å². The van der Waals surface area contributed by atoms with Gasteiger partial charge in [0.1, 0.15) is 49.5 Å². The van der Waals surface area contributed by atoms with Gasteiger partial charge in [-0.2, -0.15) is 0 Å². The Labute approximate surface area is 682 Å². The first-order chi connectivity index (χ1) is 56.2. The van der Waals surface area contributed by atoms with Crippen molar-refractivity contribution in [3.05, 3.63) is 120 Å². The molecule has 0 unspecified atom stereocenters. The number of nitrogens with zero attached hydrogens (tertiary/aromatic N) is 6. The monoisotopic (exact) mass is 1640 g/mol. The molecule has 7 rings (SSSR count). The van der Waals surface area contributed by atoms with Crippen molar-refractivity contribution in [2.24, 2.45) is 23.3 Å². The summed E-state index contributed by atoms with van der Waals surface area (Å²) in [5.74, 6) is -12.5. The molecule has 19 N–H and O–H groups in total. The van der Waals surface area contributed by atoms with Gasteiger partial charge in [0, 0.05) is 132 Å². The molecule has 8 atom stereocenters. The van der Waals surface area contributed by atoms with Crippen LogP contribution in [0.4, 0.5) is 5.69 Å². The molecule has 0 aliphatic carbocycles. The Bertz CT molecular complexity index is 4190. The van der Waals surface area contributed by atoms with E-state index in [-0.39, 0.29) is 116 Å². The second kappa shape index (κ2) is 47.4. The zero-order chi connectivity index (χ0) is 86.0. The van der Waals surface area contributed by atoms with Gasteiger partial charge in [0.05, 0.1) is 45.1 Å². The van der Waals surface area contributed by atoms with E-state index in [1.807, 2.05) is 18.7 Å². The number of hydrogen-bond donors (Lipinski definition) is 17. The van der Waals surface area contributed by atoms with E-state index in [1.54, 1.807) is 119 Å². The van der Waals surface area contributed by atoms with Crippen LogP contribution in [-0.2, 0) is 102 Å². The number of anilines is 1. The highest BCUT2D eigenvalue weighted by Crippen LogP contribution is 2.22. The number of carboxylic acids is 3. The van der Waals surface area contributed by atoms with E-state index in [0.29, 0.717) is 64.9 Å². The van der Waals surface area contributed by atoms with Gasteiger partial charge >= 0.3 is 17.9 Å². The highest BCUT2D eigenvalue weighted by Gasteiger charge is 2.36. The maximum Gasteiger partial charge on any atom is 0.317 e. The van der Waals surface area contributed by atoms with Gasteiger partial charge in [0.15, 0.2) is 0 Å². The van der Waals surface area contributed by atoms with Crippen LogP contribution in [0.3, 0.4) is 0 Å². The minimum atomic E-state index is -1.59. The lowest BCUT2D eigenvalue weighted by molar-refractivity contribution is -0.140. The number of aromatic nitrogens is 3. The van der Waals surface area contributed by atoms with E-state index >= 15 is 0 Å². The molecule has 12 amide bonds. The summed E-state index contributed by atoms with van der Waals surface area (Å²) >= 11 is 0. The maximum atomic E-state index is 14.7. The minimum absolute atomic E-state index is 0.0000134. The smallest absolute Gasteiger partial charge is 0.317 e. The maximum absolute atomic E-state index is 14.7. The third kappa shape index (κ3) is 32.7. The number of aromatic amines is 2. The number of rotatable bonds is 45. The van der Waals surface area contributed by atoms with Crippen LogP contribution in [0.5, 0.6) is 0 Å². The number of nitrogens with two attached hydrogens (primary N) is 2. The van der Waals surface area contributed by atoms with Gasteiger partial charge in [-0.15, -0.1) is 0 Å². The van der Waals surface area contributed by atoms with Crippen molar-refractivity contribution in [2.45, 2.75) is 141 Å². The van der Waals surface area contributed by atoms with Crippen LogP contribution in [0.1, 0.15) is 89.1 Å². The van der Waals surface area contributed by atoms with Crippen molar-refractivity contribution in [1.82, 2.24) is 87.3 Å². The Morgan fingerprint density at radius 1 is 0.534 bits per heavy atom. The molecule has 2 saturated heterocycles. The number of hydrogen-bond acceptors (Lipinski definition) is 22. The molecule has 2 aromatic heterocycles.